The smallest absolute Gasteiger partial charge is 0.00219 e. The van der Waals surface area contributed by atoms with Crippen LogP contribution in [0.5, 0.6) is 0 Å². The summed E-state index contributed by atoms with van der Waals surface area (Å²) in [5.41, 5.74) is 5.15. The van der Waals surface area contributed by atoms with Gasteiger partial charge in [0.1, 0.15) is 0 Å². The molecule has 0 aliphatic heterocycles. The Bertz CT molecular complexity index is 81.7. The van der Waals surface area contributed by atoms with Crippen LogP contribution in [0.2, 0.25) is 0 Å². The maximum Gasteiger partial charge on any atom is -0.00219 e. The molecule has 0 aromatic carbocycles. The fourth-order valence-corrected chi connectivity index (χ4v) is 0.622. The monoisotopic (exact) mass is 164 g/mol. The molecule has 62 valence electrons. The number of halogens is 1. The van der Waals surface area contributed by atoms with Gasteiger partial charge in [0.2, 0.25) is 0 Å². The second kappa shape index (κ2) is 8.79. The van der Waals surface area contributed by atoms with Crippen LogP contribution >= 0.6 is 12.4 Å². The molecule has 0 rings (SSSR count). The highest BCUT2D eigenvalue weighted by Gasteiger charge is 1.85. The van der Waals surface area contributed by atoms with Gasteiger partial charge >= 0.3 is 0 Å². The average Bonchev–Trinajstić information content (AvgIpc) is 1.80. The molecule has 0 unspecified atom stereocenters. The molecule has 2 N–H and O–H groups in total. The topological polar surface area (TPSA) is 29.3 Å². The number of unbranched alkanes of at least 4 members (excludes halogenated alkanes) is 1. The van der Waals surface area contributed by atoms with Gasteiger partial charge in [-0.15, -0.1) is 12.4 Å². The van der Waals surface area contributed by atoms with E-state index in [0.717, 1.165) is 13.0 Å². The standard InChI is InChI=1S/C7H16N2.ClH/c1-9(2)7-5-3-4-6-8;/h4,6H,3,5,7-8H2,1-2H3;1H. The second-order valence-corrected chi connectivity index (χ2v) is 2.37. The van der Waals surface area contributed by atoms with Gasteiger partial charge in [-0.25, -0.2) is 0 Å². The van der Waals surface area contributed by atoms with Crippen molar-refractivity contribution in [3.05, 3.63) is 12.3 Å². The van der Waals surface area contributed by atoms with Gasteiger partial charge in [0.25, 0.3) is 0 Å². The molecule has 3 heteroatoms. The van der Waals surface area contributed by atoms with Crippen molar-refractivity contribution in [1.29, 1.82) is 0 Å². The molecular formula is C7H17ClN2. The zero-order chi connectivity index (χ0) is 7.11. The minimum absolute atomic E-state index is 0. The molecule has 0 heterocycles. The van der Waals surface area contributed by atoms with Gasteiger partial charge < -0.3 is 10.6 Å². The molecule has 0 atom stereocenters. The fourth-order valence-electron chi connectivity index (χ4n) is 0.622. The summed E-state index contributed by atoms with van der Waals surface area (Å²) < 4.78 is 0. The van der Waals surface area contributed by atoms with Crippen LogP contribution in [0.25, 0.3) is 0 Å². The lowest BCUT2D eigenvalue weighted by molar-refractivity contribution is 0.402. The molecule has 0 fully saturated rings. The van der Waals surface area contributed by atoms with E-state index in [-0.39, 0.29) is 12.4 Å². The number of rotatable bonds is 4. The third-order valence-corrected chi connectivity index (χ3v) is 1.11. The normalized spacial score (nSPS) is 10.3. The Balaban J connectivity index is 0. The number of nitrogens with zero attached hydrogens (tertiary/aromatic N) is 1. The molecule has 0 saturated carbocycles. The van der Waals surface area contributed by atoms with E-state index in [4.69, 9.17) is 5.73 Å². The predicted octanol–water partition coefficient (Wildman–Crippen LogP) is 1.22. The molecule has 0 aromatic rings. The summed E-state index contributed by atoms with van der Waals surface area (Å²) in [6.45, 7) is 1.14. The Hall–Kier alpha value is -0.210. The summed E-state index contributed by atoms with van der Waals surface area (Å²) in [7, 11) is 4.15. The molecule has 0 aliphatic rings. The first-order valence-corrected chi connectivity index (χ1v) is 3.29. The minimum Gasteiger partial charge on any atom is -0.405 e. The Kier molecular flexibility index (Phi) is 11.0. The van der Waals surface area contributed by atoms with Gasteiger partial charge in [-0.1, -0.05) is 6.08 Å². The SMILES string of the molecule is CN(C)CCCC=CN.Cl. The van der Waals surface area contributed by atoms with Crippen LogP contribution in [0.3, 0.4) is 0 Å². The van der Waals surface area contributed by atoms with Crippen LogP contribution in [-0.4, -0.2) is 25.5 Å². The van der Waals surface area contributed by atoms with Gasteiger partial charge in [-0.2, -0.15) is 0 Å². The molecule has 0 bridgehead atoms. The Labute approximate surface area is 69.5 Å². The van der Waals surface area contributed by atoms with Crippen LogP contribution in [0, 0.1) is 0 Å². The van der Waals surface area contributed by atoms with Crippen LogP contribution in [0.15, 0.2) is 12.3 Å². The molecule has 0 amide bonds. The summed E-state index contributed by atoms with van der Waals surface area (Å²) in [6, 6.07) is 0. The first-order chi connectivity index (χ1) is 4.27. The lowest BCUT2D eigenvalue weighted by Gasteiger charge is -2.06. The Morgan fingerprint density at radius 2 is 2.00 bits per heavy atom. The molecule has 0 radical (unpaired) electrons. The van der Waals surface area contributed by atoms with Crippen molar-refractivity contribution >= 4 is 12.4 Å². The van der Waals surface area contributed by atoms with Crippen LogP contribution in [0.1, 0.15) is 12.8 Å². The van der Waals surface area contributed by atoms with Crippen LogP contribution in [-0.2, 0) is 0 Å². The Morgan fingerprint density at radius 3 is 2.40 bits per heavy atom. The molecule has 0 aliphatic carbocycles. The van der Waals surface area contributed by atoms with Crippen molar-refractivity contribution in [3.63, 3.8) is 0 Å². The van der Waals surface area contributed by atoms with Gasteiger partial charge in [-0.05, 0) is 39.7 Å². The molecular weight excluding hydrogens is 148 g/mol. The highest BCUT2D eigenvalue weighted by atomic mass is 35.5. The quantitative estimate of drug-likeness (QED) is 0.634. The van der Waals surface area contributed by atoms with E-state index in [9.17, 15) is 0 Å². The van der Waals surface area contributed by atoms with Crippen LogP contribution in [0.4, 0.5) is 0 Å². The number of hydrogen-bond acceptors (Lipinski definition) is 2. The highest BCUT2D eigenvalue weighted by Crippen LogP contribution is 1.90. The van der Waals surface area contributed by atoms with E-state index in [1.807, 2.05) is 6.08 Å². The maximum absolute atomic E-state index is 5.15. The summed E-state index contributed by atoms with van der Waals surface area (Å²) in [6.07, 6.45) is 5.88. The third-order valence-electron chi connectivity index (χ3n) is 1.11. The van der Waals surface area contributed by atoms with E-state index >= 15 is 0 Å². The van der Waals surface area contributed by atoms with Crippen molar-refractivity contribution < 1.29 is 0 Å². The van der Waals surface area contributed by atoms with Gasteiger partial charge in [0.15, 0.2) is 0 Å². The van der Waals surface area contributed by atoms with Crippen molar-refractivity contribution in [3.8, 4) is 0 Å². The largest absolute Gasteiger partial charge is 0.405 e. The zero-order valence-corrected chi connectivity index (χ0v) is 7.53. The van der Waals surface area contributed by atoms with Gasteiger partial charge in [0, 0.05) is 0 Å². The molecule has 0 aromatic heterocycles. The molecule has 10 heavy (non-hydrogen) atoms. The van der Waals surface area contributed by atoms with Gasteiger partial charge in [0.05, 0.1) is 0 Å². The van der Waals surface area contributed by atoms with E-state index in [2.05, 4.69) is 19.0 Å². The lowest BCUT2D eigenvalue weighted by Crippen LogP contribution is -2.12. The number of hydrogen-bond donors (Lipinski definition) is 1. The highest BCUT2D eigenvalue weighted by molar-refractivity contribution is 5.85. The maximum atomic E-state index is 5.15. The minimum atomic E-state index is 0. The van der Waals surface area contributed by atoms with E-state index in [1.165, 1.54) is 6.42 Å². The summed E-state index contributed by atoms with van der Waals surface area (Å²) in [4.78, 5) is 2.17. The second-order valence-electron chi connectivity index (χ2n) is 2.37. The predicted molar refractivity (Wildman–Crippen MR) is 48.4 cm³/mol. The average molecular weight is 165 g/mol. The first kappa shape index (κ1) is 12.5. The van der Waals surface area contributed by atoms with Gasteiger partial charge in [-0.3, -0.25) is 0 Å². The van der Waals surface area contributed by atoms with Crippen molar-refractivity contribution in [2.75, 3.05) is 20.6 Å². The molecule has 2 nitrogen and oxygen atoms in total. The first-order valence-electron chi connectivity index (χ1n) is 3.29. The van der Waals surface area contributed by atoms with E-state index in [1.54, 1.807) is 6.20 Å². The zero-order valence-electron chi connectivity index (χ0n) is 6.71. The number of nitrogens with two attached hydrogens (primary N) is 1. The number of allylic oxidation sites excluding steroid dienone is 1. The van der Waals surface area contributed by atoms with E-state index < -0.39 is 0 Å². The molecule has 0 saturated heterocycles. The van der Waals surface area contributed by atoms with Crippen LogP contribution < -0.4 is 5.73 Å². The molecule has 0 spiro atoms. The third kappa shape index (κ3) is 10.7. The van der Waals surface area contributed by atoms with E-state index in [0.29, 0.717) is 0 Å². The summed E-state index contributed by atoms with van der Waals surface area (Å²) in [5.74, 6) is 0. The van der Waals surface area contributed by atoms with Crippen molar-refractivity contribution in [1.82, 2.24) is 4.90 Å². The fraction of sp³-hybridized carbons (Fsp3) is 0.714. The van der Waals surface area contributed by atoms with Crippen molar-refractivity contribution in [2.24, 2.45) is 5.73 Å². The summed E-state index contributed by atoms with van der Waals surface area (Å²) in [5, 5.41) is 0. The lowest BCUT2D eigenvalue weighted by atomic mass is 10.3. The summed E-state index contributed by atoms with van der Waals surface area (Å²) >= 11 is 0. The Morgan fingerprint density at radius 1 is 1.40 bits per heavy atom. The van der Waals surface area contributed by atoms with Crippen molar-refractivity contribution in [2.45, 2.75) is 12.8 Å².